The van der Waals surface area contributed by atoms with Crippen LogP contribution in [-0.4, -0.2) is 37.4 Å². The van der Waals surface area contributed by atoms with Crippen molar-refractivity contribution in [3.8, 4) is 11.5 Å². The number of aliphatic hydroxyl groups excluding tert-OH is 1. The SMILES string of the molecule is CCC(CCO)CNC(=O)c1ccc2c(c1)OCCO2. The number of nitrogens with one attached hydrogen (secondary N) is 1. The predicted octanol–water partition coefficient (Wildman–Crippen LogP) is 1.60. The molecule has 110 valence electrons. The highest BCUT2D eigenvalue weighted by Crippen LogP contribution is 2.30. The van der Waals surface area contributed by atoms with Crippen LogP contribution in [0.2, 0.25) is 0 Å². The van der Waals surface area contributed by atoms with Gasteiger partial charge in [0.2, 0.25) is 0 Å². The van der Waals surface area contributed by atoms with E-state index < -0.39 is 0 Å². The molecular weight excluding hydrogens is 258 g/mol. The number of ether oxygens (including phenoxy) is 2. The smallest absolute Gasteiger partial charge is 0.251 e. The normalized spacial score (nSPS) is 14.7. The molecule has 2 rings (SSSR count). The molecule has 1 aromatic carbocycles. The maximum Gasteiger partial charge on any atom is 0.251 e. The zero-order chi connectivity index (χ0) is 14.4. The summed E-state index contributed by atoms with van der Waals surface area (Å²) in [5.41, 5.74) is 0.563. The molecule has 0 bridgehead atoms. The first-order chi connectivity index (χ1) is 9.74. The minimum atomic E-state index is -0.127. The number of benzene rings is 1. The molecule has 0 spiro atoms. The molecule has 1 aromatic rings. The van der Waals surface area contributed by atoms with Crippen LogP contribution in [0.15, 0.2) is 18.2 Å². The molecule has 1 aliphatic heterocycles. The zero-order valence-corrected chi connectivity index (χ0v) is 11.7. The summed E-state index contributed by atoms with van der Waals surface area (Å²) in [4.78, 5) is 12.1. The average molecular weight is 279 g/mol. The Balaban J connectivity index is 1.95. The van der Waals surface area contributed by atoms with Crippen molar-refractivity contribution in [2.24, 2.45) is 5.92 Å². The minimum absolute atomic E-state index is 0.127. The zero-order valence-electron chi connectivity index (χ0n) is 11.7. The Hall–Kier alpha value is -1.75. The molecule has 0 fully saturated rings. The van der Waals surface area contributed by atoms with E-state index in [-0.39, 0.29) is 12.5 Å². The van der Waals surface area contributed by atoms with Gasteiger partial charge in [0.1, 0.15) is 13.2 Å². The first-order valence-electron chi connectivity index (χ1n) is 7.03. The topological polar surface area (TPSA) is 67.8 Å². The maximum atomic E-state index is 12.1. The largest absolute Gasteiger partial charge is 0.486 e. The Labute approximate surface area is 118 Å². The van der Waals surface area contributed by atoms with Crippen molar-refractivity contribution in [3.63, 3.8) is 0 Å². The number of fused-ring (bicyclic) bond motifs is 1. The maximum absolute atomic E-state index is 12.1. The van der Waals surface area contributed by atoms with Crippen molar-refractivity contribution in [2.75, 3.05) is 26.4 Å². The third-order valence-corrected chi connectivity index (χ3v) is 3.47. The van der Waals surface area contributed by atoms with Gasteiger partial charge in [-0.2, -0.15) is 0 Å². The van der Waals surface area contributed by atoms with Crippen LogP contribution in [0.4, 0.5) is 0 Å². The lowest BCUT2D eigenvalue weighted by Gasteiger charge is -2.19. The number of amides is 1. The molecule has 1 unspecified atom stereocenters. The van der Waals surface area contributed by atoms with E-state index in [0.29, 0.717) is 49.2 Å². The van der Waals surface area contributed by atoms with Crippen molar-refractivity contribution in [1.29, 1.82) is 0 Å². The van der Waals surface area contributed by atoms with E-state index in [4.69, 9.17) is 14.6 Å². The second-order valence-corrected chi connectivity index (χ2v) is 4.86. The van der Waals surface area contributed by atoms with Gasteiger partial charge in [-0.15, -0.1) is 0 Å². The van der Waals surface area contributed by atoms with E-state index in [0.717, 1.165) is 6.42 Å². The summed E-state index contributed by atoms with van der Waals surface area (Å²) in [7, 11) is 0. The van der Waals surface area contributed by atoms with E-state index in [1.54, 1.807) is 18.2 Å². The molecule has 1 amide bonds. The van der Waals surface area contributed by atoms with Crippen molar-refractivity contribution in [2.45, 2.75) is 19.8 Å². The monoisotopic (exact) mass is 279 g/mol. The number of carbonyl (C=O) groups excluding carboxylic acids is 1. The summed E-state index contributed by atoms with van der Waals surface area (Å²) in [5, 5.41) is 11.8. The number of carbonyl (C=O) groups is 1. The molecule has 5 heteroatoms. The first-order valence-corrected chi connectivity index (χ1v) is 7.03. The van der Waals surface area contributed by atoms with Crippen molar-refractivity contribution in [1.82, 2.24) is 5.32 Å². The standard InChI is InChI=1S/C15H21NO4/c1-2-11(5-6-17)10-16-15(18)12-3-4-13-14(9-12)20-8-7-19-13/h3-4,9,11,17H,2,5-8,10H2,1H3,(H,16,18). The van der Waals surface area contributed by atoms with Gasteiger partial charge in [-0.25, -0.2) is 0 Å². The molecule has 0 radical (unpaired) electrons. The van der Waals surface area contributed by atoms with Crippen LogP contribution in [0.1, 0.15) is 30.1 Å². The Morgan fingerprint density at radius 1 is 1.35 bits per heavy atom. The Morgan fingerprint density at radius 2 is 2.10 bits per heavy atom. The molecule has 2 N–H and O–H groups in total. The number of rotatable bonds is 6. The summed E-state index contributed by atoms with van der Waals surface area (Å²) in [5.74, 6) is 1.48. The van der Waals surface area contributed by atoms with Crippen LogP contribution in [0, 0.1) is 5.92 Å². The lowest BCUT2D eigenvalue weighted by atomic mass is 10.0. The predicted molar refractivity (Wildman–Crippen MR) is 75.2 cm³/mol. The van der Waals surface area contributed by atoms with Crippen LogP contribution in [0.25, 0.3) is 0 Å². The lowest BCUT2D eigenvalue weighted by molar-refractivity contribution is 0.0942. The van der Waals surface area contributed by atoms with Gasteiger partial charge in [-0.3, -0.25) is 4.79 Å². The molecule has 1 heterocycles. The highest BCUT2D eigenvalue weighted by atomic mass is 16.6. The molecule has 0 saturated heterocycles. The van der Waals surface area contributed by atoms with Crippen molar-refractivity contribution < 1.29 is 19.4 Å². The third-order valence-electron chi connectivity index (χ3n) is 3.47. The van der Waals surface area contributed by atoms with E-state index in [1.165, 1.54) is 0 Å². The lowest BCUT2D eigenvalue weighted by Crippen LogP contribution is -2.29. The highest BCUT2D eigenvalue weighted by Gasteiger charge is 2.15. The number of hydrogen-bond donors (Lipinski definition) is 2. The molecule has 1 aliphatic rings. The molecule has 1 atom stereocenters. The average Bonchev–Trinajstić information content (AvgIpc) is 2.50. The minimum Gasteiger partial charge on any atom is -0.486 e. The van der Waals surface area contributed by atoms with Gasteiger partial charge in [-0.05, 0) is 30.5 Å². The first kappa shape index (κ1) is 14.7. The van der Waals surface area contributed by atoms with Gasteiger partial charge >= 0.3 is 0 Å². The molecule has 0 saturated carbocycles. The summed E-state index contributed by atoms with van der Waals surface area (Å²) >= 11 is 0. The molecular formula is C15H21NO4. The van der Waals surface area contributed by atoms with Crippen LogP contribution in [-0.2, 0) is 0 Å². The summed E-state index contributed by atoms with van der Waals surface area (Å²) < 4.78 is 10.9. The van der Waals surface area contributed by atoms with E-state index in [9.17, 15) is 4.79 Å². The van der Waals surface area contributed by atoms with Gasteiger partial charge < -0.3 is 19.9 Å². The molecule has 5 nitrogen and oxygen atoms in total. The second kappa shape index (κ2) is 7.14. The second-order valence-electron chi connectivity index (χ2n) is 4.86. The Bertz CT molecular complexity index is 461. The highest BCUT2D eigenvalue weighted by molar-refractivity contribution is 5.94. The van der Waals surface area contributed by atoms with Crippen LogP contribution < -0.4 is 14.8 Å². The number of hydrogen-bond acceptors (Lipinski definition) is 4. The Morgan fingerprint density at radius 3 is 2.80 bits per heavy atom. The fraction of sp³-hybridized carbons (Fsp3) is 0.533. The molecule has 0 aliphatic carbocycles. The number of aliphatic hydroxyl groups is 1. The Kier molecular flexibility index (Phi) is 5.24. The van der Waals surface area contributed by atoms with Gasteiger partial charge in [0.05, 0.1) is 0 Å². The summed E-state index contributed by atoms with van der Waals surface area (Å²) in [6.07, 6.45) is 1.64. The van der Waals surface area contributed by atoms with Crippen molar-refractivity contribution in [3.05, 3.63) is 23.8 Å². The molecule has 20 heavy (non-hydrogen) atoms. The van der Waals surface area contributed by atoms with E-state index in [2.05, 4.69) is 12.2 Å². The van der Waals surface area contributed by atoms with Crippen LogP contribution in [0.3, 0.4) is 0 Å². The fourth-order valence-electron chi connectivity index (χ4n) is 2.16. The van der Waals surface area contributed by atoms with Crippen LogP contribution in [0.5, 0.6) is 11.5 Å². The van der Waals surface area contributed by atoms with E-state index in [1.807, 2.05) is 0 Å². The van der Waals surface area contributed by atoms with Gasteiger partial charge in [0, 0.05) is 18.7 Å². The van der Waals surface area contributed by atoms with Gasteiger partial charge in [0.25, 0.3) is 5.91 Å². The summed E-state index contributed by atoms with van der Waals surface area (Å²) in [6, 6.07) is 5.20. The quantitative estimate of drug-likeness (QED) is 0.830. The van der Waals surface area contributed by atoms with Gasteiger partial charge in [-0.1, -0.05) is 13.3 Å². The third kappa shape index (κ3) is 3.63. The fourth-order valence-corrected chi connectivity index (χ4v) is 2.16. The van der Waals surface area contributed by atoms with Crippen LogP contribution >= 0.6 is 0 Å². The molecule has 0 aromatic heterocycles. The summed E-state index contributed by atoms with van der Waals surface area (Å²) in [6.45, 7) is 3.82. The van der Waals surface area contributed by atoms with Crippen molar-refractivity contribution >= 4 is 5.91 Å². The van der Waals surface area contributed by atoms with Gasteiger partial charge in [0.15, 0.2) is 11.5 Å². The van der Waals surface area contributed by atoms with E-state index >= 15 is 0 Å².